The van der Waals surface area contributed by atoms with Crippen LogP contribution >= 0.6 is 0 Å². The molecule has 126 valence electrons. The third-order valence-corrected chi connectivity index (χ3v) is 3.27. The summed E-state index contributed by atoms with van der Waals surface area (Å²) in [6.45, 7) is 0. The summed E-state index contributed by atoms with van der Waals surface area (Å²) in [6.07, 6.45) is 2.48. The average Bonchev–Trinajstić information content (AvgIpc) is 3.26. The molecule has 0 saturated carbocycles. The van der Waals surface area contributed by atoms with Gasteiger partial charge in [0.2, 0.25) is 0 Å². The van der Waals surface area contributed by atoms with E-state index in [9.17, 15) is 19.1 Å². The van der Waals surface area contributed by atoms with Crippen LogP contribution in [0.2, 0.25) is 0 Å². The van der Waals surface area contributed by atoms with Crippen molar-refractivity contribution in [3.8, 4) is 11.3 Å². The number of furan rings is 2. The van der Waals surface area contributed by atoms with Gasteiger partial charge in [-0.2, -0.15) is 0 Å². The topological polar surface area (TPSA) is 92.7 Å². The molecule has 7 heteroatoms. The van der Waals surface area contributed by atoms with Crippen LogP contribution in [0.15, 0.2) is 69.3 Å². The minimum absolute atomic E-state index is 0.0152. The van der Waals surface area contributed by atoms with E-state index < -0.39 is 11.9 Å². The van der Waals surface area contributed by atoms with E-state index in [1.54, 1.807) is 24.3 Å². The number of hydrogen-bond acceptors (Lipinski definition) is 4. The fraction of sp³-hybridized carbons (Fsp3) is 0. The summed E-state index contributed by atoms with van der Waals surface area (Å²) < 4.78 is 23.4. The Morgan fingerprint density at radius 2 is 1.84 bits per heavy atom. The van der Waals surface area contributed by atoms with Crippen LogP contribution in [-0.4, -0.2) is 17.0 Å². The van der Waals surface area contributed by atoms with E-state index in [0.29, 0.717) is 11.3 Å². The highest BCUT2D eigenvalue weighted by atomic mass is 19.1. The number of rotatable bonds is 5. The Bertz CT molecular complexity index is 923. The van der Waals surface area contributed by atoms with E-state index >= 15 is 0 Å². The fourth-order valence-electron chi connectivity index (χ4n) is 2.08. The van der Waals surface area contributed by atoms with Gasteiger partial charge in [-0.3, -0.25) is 4.79 Å². The first-order valence-corrected chi connectivity index (χ1v) is 7.18. The van der Waals surface area contributed by atoms with E-state index in [-0.39, 0.29) is 23.0 Å². The van der Waals surface area contributed by atoms with Gasteiger partial charge in [-0.05, 0) is 48.5 Å². The molecule has 0 aliphatic carbocycles. The zero-order valence-electron chi connectivity index (χ0n) is 12.7. The maximum absolute atomic E-state index is 13.0. The zero-order valence-corrected chi connectivity index (χ0v) is 12.7. The second-order valence-corrected chi connectivity index (χ2v) is 5.00. The van der Waals surface area contributed by atoms with Gasteiger partial charge in [0.15, 0.2) is 5.76 Å². The molecule has 2 aromatic heterocycles. The first-order valence-electron chi connectivity index (χ1n) is 7.18. The maximum atomic E-state index is 13.0. The van der Waals surface area contributed by atoms with Gasteiger partial charge in [-0.1, -0.05) is 0 Å². The van der Waals surface area contributed by atoms with E-state index in [1.165, 1.54) is 36.6 Å². The molecule has 1 aromatic carbocycles. The number of hydrogen-bond donors (Lipinski definition) is 2. The van der Waals surface area contributed by atoms with E-state index in [4.69, 9.17) is 8.83 Å². The molecule has 6 nitrogen and oxygen atoms in total. The molecule has 3 aromatic rings. The predicted molar refractivity (Wildman–Crippen MR) is 85.9 cm³/mol. The Hall–Kier alpha value is -3.61. The molecule has 0 radical (unpaired) electrons. The Morgan fingerprint density at radius 1 is 1.08 bits per heavy atom. The summed E-state index contributed by atoms with van der Waals surface area (Å²) in [6, 6.07) is 11.7. The second kappa shape index (κ2) is 6.88. The third kappa shape index (κ3) is 3.84. The summed E-state index contributed by atoms with van der Waals surface area (Å²) in [5.74, 6) is -1.75. The lowest BCUT2D eigenvalue weighted by atomic mass is 10.2. The molecule has 0 atom stereocenters. The van der Waals surface area contributed by atoms with Crippen molar-refractivity contribution >= 4 is 18.0 Å². The normalized spacial score (nSPS) is 11.3. The van der Waals surface area contributed by atoms with Crippen LogP contribution in [0, 0.1) is 5.82 Å². The van der Waals surface area contributed by atoms with Crippen LogP contribution in [0.3, 0.4) is 0 Å². The first-order chi connectivity index (χ1) is 12.0. The number of amides is 1. The molecule has 2 N–H and O–H groups in total. The predicted octanol–water partition coefficient (Wildman–Crippen LogP) is 3.53. The van der Waals surface area contributed by atoms with Crippen molar-refractivity contribution in [1.29, 1.82) is 0 Å². The van der Waals surface area contributed by atoms with Crippen LogP contribution in [0.1, 0.15) is 16.3 Å². The molecule has 2 heterocycles. The van der Waals surface area contributed by atoms with Crippen molar-refractivity contribution < 1.29 is 27.9 Å². The Labute approximate surface area is 141 Å². The van der Waals surface area contributed by atoms with Crippen LogP contribution in [0.25, 0.3) is 17.4 Å². The summed E-state index contributed by atoms with van der Waals surface area (Å²) in [7, 11) is 0. The summed E-state index contributed by atoms with van der Waals surface area (Å²) in [5, 5.41) is 11.5. The molecule has 0 spiro atoms. The Kier molecular flexibility index (Phi) is 4.47. The monoisotopic (exact) mass is 341 g/mol. The number of nitrogens with one attached hydrogen (secondary N) is 1. The van der Waals surface area contributed by atoms with Gasteiger partial charge >= 0.3 is 5.97 Å². The van der Waals surface area contributed by atoms with Gasteiger partial charge < -0.3 is 19.3 Å². The highest BCUT2D eigenvalue weighted by Crippen LogP contribution is 2.23. The van der Waals surface area contributed by atoms with Gasteiger partial charge in [0, 0.05) is 11.6 Å². The highest BCUT2D eigenvalue weighted by molar-refractivity contribution is 6.01. The van der Waals surface area contributed by atoms with Gasteiger partial charge in [0.25, 0.3) is 5.91 Å². The summed E-state index contributed by atoms with van der Waals surface area (Å²) >= 11 is 0. The van der Waals surface area contributed by atoms with Crippen LogP contribution in [0.5, 0.6) is 0 Å². The molecule has 0 saturated heterocycles. The maximum Gasteiger partial charge on any atom is 0.352 e. The first kappa shape index (κ1) is 16.3. The molecule has 3 rings (SSSR count). The smallest absolute Gasteiger partial charge is 0.352 e. The number of carbonyl (C=O) groups is 2. The minimum Gasteiger partial charge on any atom is -0.477 e. The minimum atomic E-state index is -1.33. The SMILES string of the molecule is O=C(O)C(=Cc1ccc(-c2ccc(F)cc2)o1)NC(=O)c1ccco1. The summed E-state index contributed by atoms with van der Waals surface area (Å²) in [4.78, 5) is 23.2. The lowest BCUT2D eigenvalue weighted by molar-refractivity contribution is -0.132. The molecule has 1 amide bonds. The third-order valence-electron chi connectivity index (χ3n) is 3.27. The van der Waals surface area contributed by atoms with Crippen LogP contribution < -0.4 is 5.32 Å². The zero-order chi connectivity index (χ0) is 17.8. The number of aliphatic carboxylic acids is 1. The quantitative estimate of drug-likeness (QED) is 0.693. The number of carboxylic acid groups (broad SMARTS) is 1. The Balaban J connectivity index is 1.82. The number of halogens is 1. The van der Waals surface area contributed by atoms with E-state index in [1.807, 2.05) is 0 Å². The lowest BCUT2D eigenvalue weighted by Crippen LogP contribution is -2.26. The summed E-state index contributed by atoms with van der Waals surface area (Å²) in [5.41, 5.74) is 0.263. The number of carbonyl (C=O) groups excluding carboxylic acids is 1. The molecule has 0 bridgehead atoms. The van der Waals surface area contributed by atoms with Crippen molar-refractivity contribution in [2.45, 2.75) is 0 Å². The lowest BCUT2D eigenvalue weighted by Gasteiger charge is -2.03. The molecule has 0 unspecified atom stereocenters. The van der Waals surface area contributed by atoms with Crippen LogP contribution in [0.4, 0.5) is 4.39 Å². The number of benzene rings is 1. The van der Waals surface area contributed by atoms with Gasteiger partial charge in [-0.25, -0.2) is 9.18 Å². The molecular weight excluding hydrogens is 329 g/mol. The molecular formula is C18H12FNO5. The standard InChI is InChI=1S/C18H12FNO5/c19-12-5-3-11(4-6-12)15-8-7-13(25-15)10-14(18(22)23)20-17(21)16-2-1-9-24-16/h1-10H,(H,20,21)(H,22,23). The van der Waals surface area contributed by atoms with E-state index in [2.05, 4.69) is 5.32 Å². The van der Waals surface area contributed by atoms with Gasteiger partial charge in [0.1, 0.15) is 23.0 Å². The highest BCUT2D eigenvalue weighted by Gasteiger charge is 2.16. The molecule has 0 aliphatic rings. The fourth-order valence-corrected chi connectivity index (χ4v) is 2.08. The average molecular weight is 341 g/mol. The van der Waals surface area contributed by atoms with Crippen molar-refractivity contribution in [2.75, 3.05) is 0 Å². The Morgan fingerprint density at radius 3 is 2.48 bits per heavy atom. The molecule has 0 aliphatic heterocycles. The van der Waals surface area contributed by atoms with Gasteiger partial charge in [-0.15, -0.1) is 0 Å². The molecule has 0 fully saturated rings. The van der Waals surface area contributed by atoms with Gasteiger partial charge in [0.05, 0.1) is 6.26 Å². The van der Waals surface area contributed by atoms with E-state index in [0.717, 1.165) is 0 Å². The van der Waals surface area contributed by atoms with Crippen LogP contribution in [-0.2, 0) is 4.79 Å². The second-order valence-electron chi connectivity index (χ2n) is 5.00. The van der Waals surface area contributed by atoms with Crippen molar-refractivity contribution in [1.82, 2.24) is 5.32 Å². The van der Waals surface area contributed by atoms with Crippen molar-refractivity contribution in [3.63, 3.8) is 0 Å². The largest absolute Gasteiger partial charge is 0.477 e. The number of carboxylic acids is 1. The van der Waals surface area contributed by atoms with Crippen molar-refractivity contribution in [2.24, 2.45) is 0 Å². The van der Waals surface area contributed by atoms with Crippen molar-refractivity contribution in [3.05, 3.63) is 77.8 Å². The molecule has 25 heavy (non-hydrogen) atoms.